The molecule has 2 aromatic rings. The Labute approximate surface area is 110 Å². The normalized spacial score (nSPS) is 10.3. The van der Waals surface area contributed by atoms with E-state index in [1.165, 1.54) is 35.3 Å². The molecule has 0 aliphatic carbocycles. The lowest BCUT2D eigenvalue weighted by molar-refractivity contribution is 0.936. The van der Waals surface area contributed by atoms with Gasteiger partial charge in [0.1, 0.15) is 0 Å². The highest BCUT2D eigenvalue weighted by atomic mass is 32.2. The van der Waals surface area contributed by atoms with Crippen LogP contribution in [-0.4, -0.2) is 24.1 Å². The molecule has 94 valence electrons. The molecule has 2 rings (SSSR count). The number of nitrogens with one attached hydrogen (secondary N) is 1. The highest BCUT2D eigenvalue weighted by Gasteiger charge is 2.05. The third-order valence-corrected chi connectivity index (χ3v) is 3.42. The van der Waals surface area contributed by atoms with E-state index in [9.17, 15) is 4.79 Å². The number of hydrogen-bond donors (Lipinski definition) is 1. The minimum Gasteiger partial charge on any atom is -0.377 e. The van der Waals surface area contributed by atoms with Crippen molar-refractivity contribution in [2.75, 3.05) is 19.0 Å². The smallest absolute Gasteiger partial charge is 0.251 e. The van der Waals surface area contributed by atoms with E-state index in [4.69, 9.17) is 0 Å². The summed E-state index contributed by atoms with van der Waals surface area (Å²) in [5.41, 5.74) is 2.29. The molecule has 18 heavy (non-hydrogen) atoms. The number of rotatable bonds is 4. The lowest BCUT2D eigenvalue weighted by Crippen LogP contribution is -2.11. The lowest BCUT2D eigenvalue weighted by atomic mass is 10.2. The number of aromatic nitrogens is 2. The van der Waals surface area contributed by atoms with Crippen LogP contribution in [0, 0.1) is 0 Å². The predicted molar refractivity (Wildman–Crippen MR) is 75.2 cm³/mol. The minimum absolute atomic E-state index is 0.117. The molecule has 0 amide bonds. The van der Waals surface area contributed by atoms with E-state index in [2.05, 4.69) is 27.0 Å². The maximum absolute atomic E-state index is 11.2. The van der Waals surface area contributed by atoms with Crippen LogP contribution in [0.25, 0.3) is 0 Å². The Kier molecular flexibility index (Phi) is 4.04. The maximum atomic E-state index is 11.2. The van der Waals surface area contributed by atoms with Gasteiger partial charge in [0.05, 0.1) is 0 Å². The number of aromatic amines is 1. The molecule has 4 nitrogen and oxygen atoms in total. The van der Waals surface area contributed by atoms with E-state index in [1.807, 2.05) is 26.2 Å². The van der Waals surface area contributed by atoms with Gasteiger partial charge in [-0.05, 0) is 11.6 Å². The number of para-hydroxylation sites is 1. The van der Waals surface area contributed by atoms with Crippen LogP contribution in [0.3, 0.4) is 0 Å². The van der Waals surface area contributed by atoms with Crippen LogP contribution in [0.2, 0.25) is 0 Å². The van der Waals surface area contributed by atoms with Crippen molar-refractivity contribution >= 4 is 17.4 Å². The van der Waals surface area contributed by atoms with Crippen LogP contribution in [-0.2, 0) is 5.75 Å². The van der Waals surface area contributed by atoms with Gasteiger partial charge in [-0.25, -0.2) is 4.98 Å². The molecular weight excluding hydrogens is 246 g/mol. The zero-order valence-electron chi connectivity index (χ0n) is 10.4. The molecule has 0 aliphatic rings. The summed E-state index contributed by atoms with van der Waals surface area (Å²) in [4.78, 5) is 20.1. The van der Waals surface area contributed by atoms with Gasteiger partial charge >= 0.3 is 0 Å². The Hall–Kier alpha value is -1.75. The van der Waals surface area contributed by atoms with Crippen LogP contribution in [0.15, 0.2) is 46.5 Å². The fourth-order valence-corrected chi connectivity index (χ4v) is 2.49. The van der Waals surface area contributed by atoms with Gasteiger partial charge in [0, 0.05) is 37.8 Å². The van der Waals surface area contributed by atoms with Gasteiger partial charge in [0.2, 0.25) is 0 Å². The van der Waals surface area contributed by atoms with Crippen LogP contribution < -0.4 is 10.5 Å². The van der Waals surface area contributed by atoms with Gasteiger partial charge in [-0.1, -0.05) is 30.0 Å². The molecule has 1 aromatic heterocycles. The Morgan fingerprint density at radius 2 is 2.06 bits per heavy atom. The SMILES string of the molecule is CN(C)c1ccccc1CSc1nccc(=O)[nH]1. The molecular formula is C13H15N3OS. The Bertz CT molecular complexity index is 580. The second-order valence-electron chi connectivity index (χ2n) is 4.05. The summed E-state index contributed by atoms with van der Waals surface area (Å²) >= 11 is 1.53. The topological polar surface area (TPSA) is 49.0 Å². The molecule has 0 aliphatic heterocycles. The van der Waals surface area contributed by atoms with Crippen LogP contribution in [0.1, 0.15) is 5.56 Å². The van der Waals surface area contributed by atoms with E-state index in [0.29, 0.717) is 5.16 Å². The molecule has 5 heteroatoms. The molecule has 0 atom stereocenters. The predicted octanol–water partition coefficient (Wildman–Crippen LogP) is 2.13. The van der Waals surface area contributed by atoms with Crippen molar-refractivity contribution in [3.05, 3.63) is 52.4 Å². The molecule has 0 fully saturated rings. The highest BCUT2D eigenvalue weighted by molar-refractivity contribution is 7.98. The Morgan fingerprint density at radius 1 is 1.28 bits per heavy atom. The van der Waals surface area contributed by atoms with Gasteiger partial charge in [-0.2, -0.15) is 0 Å². The number of thioether (sulfide) groups is 1. The van der Waals surface area contributed by atoms with Crippen molar-refractivity contribution in [1.82, 2.24) is 9.97 Å². The number of hydrogen-bond acceptors (Lipinski definition) is 4. The summed E-state index contributed by atoms with van der Waals surface area (Å²) in [5, 5.41) is 0.649. The summed E-state index contributed by atoms with van der Waals surface area (Å²) in [6, 6.07) is 9.62. The molecule has 0 saturated heterocycles. The van der Waals surface area contributed by atoms with E-state index in [1.54, 1.807) is 0 Å². The van der Waals surface area contributed by atoms with E-state index in [-0.39, 0.29) is 5.56 Å². The average Bonchev–Trinajstić information content (AvgIpc) is 2.37. The first-order chi connectivity index (χ1) is 8.66. The second-order valence-corrected chi connectivity index (χ2v) is 5.02. The number of nitrogens with zero attached hydrogens (tertiary/aromatic N) is 2. The van der Waals surface area contributed by atoms with Crippen LogP contribution in [0.5, 0.6) is 0 Å². The molecule has 1 N–H and O–H groups in total. The lowest BCUT2D eigenvalue weighted by Gasteiger charge is -2.16. The van der Waals surface area contributed by atoms with Crippen molar-refractivity contribution in [3.63, 3.8) is 0 Å². The Morgan fingerprint density at radius 3 is 2.78 bits per heavy atom. The van der Waals surface area contributed by atoms with E-state index in [0.717, 1.165) is 5.75 Å². The van der Waals surface area contributed by atoms with Crippen molar-refractivity contribution in [1.29, 1.82) is 0 Å². The van der Waals surface area contributed by atoms with E-state index < -0.39 is 0 Å². The number of benzene rings is 1. The summed E-state index contributed by atoms with van der Waals surface area (Å²) in [5.74, 6) is 0.779. The molecule has 0 radical (unpaired) electrons. The minimum atomic E-state index is -0.117. The monoisotopic (exact) mass is 261 g/mol. The number of H-pyrrole nitrogens is 1. The van der Waals surface area contributed by atoms with Gasteiger partial charge in [0.25, 0.3) is 5.56 Å². The second kappa shape index (κ2) is 5.73. The summed E-state index contributed by atoms with van der Waals surface area (Å²) < 4.78 is 0. The van der Waals surface area contributed by atoms with Gasteiger partial charge in [-0.15, -0.1) is 0 Å². The molecule has 1 aromatic carbocycles. The molecule has 0 unspecified atom stereocenters. The standard InChI is InChI=1S/C13H15N3OS/c1-16(2)11-6-4-3-5-10(11)9-18-13-14-8-7-12(17)15-13/h3-8H,9H2,1-2H3,(H,14,15,17). The highest BCUT2D eigenvalue weighted by Crippen LogP contribution is 2.25. The maximum Gasteiger partial charge on any atom is 0.251 e. The fraction of sp³-hybridized carbons (Fsp3) is 0.231. The summed E-state index contributed by atoms with van der Waals surface area (Å²) in [7, 11) is 4.04. The van der Waals surface area contributed by atoms with Crippen LogP contribution >= 0.6 is 11.8 Å². The van der Waals surface area contributed by atoms with Gasteiger partial charge < -0.3 is 9.88 Å². The fourth-order valence-electron chi connectivity index (χ4n) is 1.64. The average molecular weight is 261 g/mol. The zero-order chi connectivity index (χ0) is 13.0. The van der Waals surface area contributed by atoms with Crippen LogP contribution in [0.4, 0.5) is 5.69 Å². The zero-order valence-corrected chi connectivity index (χ0v) is 11.2. The number of anilines is 1. The van der Waals surface area contributed by atoms with Crippen molar-refractivity contribution in [2.45, 2.75) is 10.9 Å². The van der Waals surface area contributed by atoms with Crippen molar-refractivity contribution in [3.8, 4) is 0 Å². The molecule has 1 heterocycles. The van der Waals surface area contributed by atoms with Gasteiger partial charge in [-0.3, -0.25) is 4.79 Å². The first kappa shape index (κ1) is 12.7. The molecule has 0 spiro atoms. The van der Waals surface area contributed by atoms with Gasteiger partial charge in [0.15, 0.2) is 5.16 Å². The molecule has 0 bridgehead atoms. The first-order valence-electron chi connectivity index (χ1n) is 5.60. The Balaban J connectivity index is 2.13. The van der Waals surface area contributed by atoms with Crippen molar-refractivity contribution < 1.29 is 0 Å². The van der Waals surface area contributed by atoms with Crippen molar-refractivity contribution in [2.24, 2.45) is 0 Å². The third-order valence-electron chi connectivity index (χ3n) is 2.49. The quantitative estimate of drug-likeness (QED) is 0.676. The summed E-state index contributed by atoms with van der Waals surface area (Å²) in [6.07, 6.45) is 1.53. The first-order valence-corrected chi connectivity index (χ1v) is 6.59. The summed E-state index contributed by atoms with van der Waals surface area (Å²) in [6.45, 7) is 0. The third kappa shape index (κ3) is 3.13. The largest absolute Gasteiger partial charge is 0.377 e. The van der Waals surface area contributed by atoms with E-state index >= 15 is 0 Å². The molecule has 0 saturated carbocycles.